The zero-order chi connectivity index (χ0) is 26.9. The molecule has 0 amide bonds. The third-order valence-corrected chi connectivity index (χ3v) is 5.30. The number of nitro groups is 1. The molecule has 0 unspecified atom stereocenters. The number of anilines is 3. The maximum absolute atomic E-state index is 13.1. The van der Waals surface area contributed by atoms with Gasteiger partial charge in [0.15, 0.2) is 11.6 Å². The summed E-state index contributed by atoms with van der Waals surface area (Å²) in [6, 6.07) is 11.9. The number of benzene rings is 2. The predicted molar refractivity (Wildman–Crippen MR) is 129 cm³/mol. The number of nitrogens with zero attached hydrogens (tertiary/aromatic N) is 6. The van der Waals surface area contributed by atoms with Crippen LogP contribution in [0, 0.1) is 10.1 Å². The van der Waals surface area contributed by atoms with Crippen LogP contribution in [-0.2, 0) is 6.18 Å². The molecule has 2 N–H and O–H groups in total. The van der Waals surface area contributed by atoms with Crippen LogP contribution in [0.15, 0.2) is 68.7 Å². The van der Waals surface area contributed by atoms with Crippen molar-refractivity contribution in [1.29, 1.82) is 0 Å². The van der Waals surface area contributed by atoms with E-state index in [9.17, 15) is 23.3 Å². The van der Waals surface area contributed by atoms with E-state index in [1.807, 2.05) is 0 Å². The molecular weight excluding hydrogens is 533 g/mol. The molecule has 0 bridgehead atoms. The largest absolute Gasteiger partial charge is 0.455 e. The highest BCUT2D eigenvalue weighted by Gasteiger charge is 2.30. The van der Waals surface area contributed by atoms with E-state index in [0.29, 0.717) is 11.3 Å². The van der Waals surface area contributed by atoms with E-state index >= 15 is 0 Å². The predicted octanol–water partition coefficient (Wildman–Crippen LogP) is 6.04. The number of aromatic nitrogens is 4. The molecule has 0 radical (unpaired) electrons. The molecule has 192 valence electrons. The molecule has 3 heterocycles. The summed E-state index contributed by atoms with van der Waals surface area (Å²) in [5.74, 6) is 0.600. The van der Waals surface area contributed by atoms with Gasteiger partial charge in [0.25, 0.3) is 5.69 Å². The summed E-state index contributed by atoms with van der Waals surface area (Å²) in [5, 5.41) is 25.1. The lowest BCUT2D eigenvalue weighted by atomic mass is 10.1. The average molecular weight is 545 g/mol. The van der Waals surface area contributed by atoms with E-state index in [4.69, 9.17) is 16.0 Å². The first-order chi connectivity index (χ1) is 18.2. The van der Waals surface area contributed by atoms with Crippen molar-refractivity contribution in [3.63, 3.8) is 0 Å². The summed E-state index contributed by atoms with van der Waals surface area (Å²) in [5.41, 5.74) is 2.06. The Morgan fingerprint density at radius 1 is 1.03 bits per heavy atom. The Balaban J connectivity index is 1.38. The molecule has 0 saturated carbocycles. The van der Waals surface area contributed by atoms with E-state index in [0.717, 1.165) is 12.1 Å². The third kappa shape index (κ3) is 5.22. The van der Waals surface area contributed by atoms with Crippen LogP contribution in [0.1, 0.15) is 11.3 Å². The summed E-state index contributed by atoms with van der Waals surface area (Å²) in [7, 11) is 0. The molecule has 0 aliphatic rings. The molecule has 3 aromatic heterocycles. The molecule has 0 spiro atoms. The summed E-state index contributed by atoms with van der Waals surface area (Å²) < 4.78 is 49.6. The van der Waals surface area contributed by atoms with Crippen molar-refractivity contribution in [2.75, 3.05) is 10.7 Å². The number of hydrogen-bond donors (Lipinski definition) is 2. The maximum Gasteiger partial charge on any atom is 0.416 e. The molecular formula is C22H12ClF3N8O4. The number of fused-ring (bicyclic) bond motifs is 1. The number of nitrogens with one attached hydrogen (secondary N) is 2. The van der Waals surface area contributed by atoms with Crippen LogP contribution in [0.3, 0.4) is 0 Å². The summed E-state index contributed by atoms with van der Waals surface area (Å²) in [6.07, 6.45) is -3.25. The Bertz CT molecular complexity index is 1680. The topological polar surface area (TPSA) is 157 Å². The zero-order valence-electron chi connectivity index (χ0n) is 18.6. The smallest absolute Gasteiger partial charge is 0.416 e. The zero-order valence-corrected chi connectivity index (χ0v) is 19.4. The highest BCUT2D eigenvalue weighted by atomic mass is 35.5. The molecule has 38 heavy (non-hydrogen) atoms. The standard InChI is InChI=1S/C22H12ClF3N8O4/c23-15-6-4-11(8-16(15)34(35)36)17-7-5-14(37-17)10-27-31-19-18(29-20-21(30-19)33-38-32-20)28-13-3-1-2-12(9-13)22(24,25)26/h1-10H,(H,28,29,32)(H,30,31,33)/b27-10+. The number of nitro benzene ring substituents is 1. The van der Waals surface area contributed by atoms with Gasteiger partial charge in [-0.15, -0.1) is 0 Å². The van der Waals surface area contributed by atoms with Crippen LogP contribution in [0.5, 0.6) is 0 Å². The molecule has 0 aliphatic carbocycles. The Kier molecular flexibility index (Phi) is 6.34. The first-order valence-electron chi connectivity index (χ1n) is 10.5. The van der Waals surface area contributed by atoms with Gasteiger partial charge in [0, 0.05) is 17.3 Å². The first-order valence-corrected chi connectivity index (χ1v) is 10.8. The third-order valence-electron chi connectivity index (χ3n) is 4.98. The number of hydrazone groups is 1. The van der Waals surface area contributed by atoms with E-state index in [-0.39, 0.29) is 45.1 Å². The number of alkyl halides is 3. The second kappa shape index (κ2) is 9.78. The van der Waals surface area contributed by atoms with Crippen molar-refractivity contribution in [2.45, 2.75) is 6.18 Å². The molecule has 0 aliphatic heterocycles. The minimum Gasteiger partial charge on any atom is -0.455 e. The fraction of sp³-hybridized carbons (Fsp3) is 0.0455. The van der Waals surface area contributed by atoms with Crippen molar-refractivity contribution < 1.29 is 27.1 Å². The fourth-order valence-corrected chi connectivity index (χ4v) is 3.44. The molecule has 0 saturated heterocycles. The van der Waals surface area contributed by atoms with Gasteiger partial charge in [-0.2, -0.15) is 23.3 Å². The van der Waals surface area contributed by atoms with Gasteiger partial charge in [0.2, 0.25) is 11.3 Å². The molecule has 0 fully saturated rings. The monoisotopic (exact) mass is 544 g/mol. The minimum atomic E-state index is -4.53. The number of hydrogen-bond acceptors (Lipinski definition) is 11. The van der Waals surface area contributed by atoms with E-state index in [1.165, 1.54) is 30.5 Å². The van der Waals surface area contributed by atoms with Gasteiger partial charge in [0.05, 0.1) is 16.7 Å². The molecule has 0 atom stereocenters. The van der Waals surface area contributed by atoms with Gasteiger partial charge in [-0.25, -0.2) is 9.61 Å². The van der Waals surface area contributed by atoms with E-state index < -0.39 is 16.7 Å². The van der Waals surface area contributed by atoms with Crippen LogP contribution >= 0.6 is 11.6 Å². The van der Waals surface area contributed by atoms with Gasteiger partial charge in [-0.05, 0) is 52.8 Å². The second-order valence-electron chi connectivity index (χ2n) is 7.53. The molecule has 5 rings (SSSR count). The van der Waals surface area contributed by atoms with Crippen LogP contribution in [0.2, 0.25) is 5.02 Å². The van der Waals surface area contributed by atoms with Crippen LogP contribution in [-0.4, -0.2) is 31.4 Å². The lowest BCUT2D eigenvalue weighted by Crippen LogP contribution is -2.06. The minimum absolute atomic E-state index is 0.00159. The highest BCUT2D eigenvalue weighted by molar-refractivity contribution is 6.32. The van der Waals surface area contributed by atoms with Crippen molar-refractivity contribution in [3.8, 4) is 11.3 Å². The Morgan fingerprint density at radius 2 is 1.79 bits per heavy atom. The summed E-state index contributed by atoms with van der Waals surface area (Å²) in [4.78, 5) is 18.9. The van der Waals surface area contributed by atoms with Gasteiger partial charge in [0.1, 0.15) is 16.5 Å². The fourth-order valence-electron chi connectivity index (χ4n) is 3.25. The SMILES string of the molecule is O=[N+]([O-])c1cc(-c2ccc(/C=N/Nc3nc4nonc4nc3Nc3cccc(C(F)(F)F)c3)o2)ccc1Cl. The van der Waals surface area contributed by atoms with E-state index in [1.54, 1.807) is 18.2 Å². The quantitative estimate of drug-likeness (QED) is 0.140. The second-order valence-corrected chi connectivity index (χ2v) is 7.94. The Hall–Kier alpha value is -5.05. The first kappa shape index (κ1) is 24.6. The number of halogens is 4. The van der Waals surface area contributed by atoms with Crippen LogP contribution < -0.4 is 10.7 Å². The van der Waals surface area contributed by atoms with Crippen LogP contribution in [0.4, 0.5) is 36.2 Å². The van der Waals surface area contributed by atoms with Crippen molar-refractivity contribution in [1.82, 2.24) is 20.3 Å². The normalized spacial score (nSPS) is 11.8. The molecule has 16 heteroatoms. The lowest BCUT2D eigenvalue weighted by molar-refractivity contribution is -0.384. The van der Waals surface area contributed by atoms with Gasteiger partial charge >= 0.3 is 6.18 Å². The van der Waals surface area contributed by atoms with Gasteiger partial charge in [-0.1, -0.05) is 17.7 Å². The Labute approximate surface area is 214 Å². The average Bonchev–Trinajstić information content (AvgIpc) is 3.53. The summed E-state index contributed by atoms with van der Waals surface area (Å²) in [6.45, 7) is 0. The number of furan rings is 1. The molecule has 12 nitrogen and oxygen atoms in total. The van der Waals surface area contributed by atoms with Crippen LogP contribution in [0.25, 0.3) is 22.6 Å². The van der Waals surface area contributed by atoms with E-state index in [2.05, 4.69) is 40.8 Å². The van der Waals surface area contributed by atoms with Crippen molar-refractivity contribution >= 4 is 52.1 Å². The number of rotatable bonds is 7. The Morgan fingerprint density at radius 3 is 2.53 bits per heavy atom. The van der Waals surface area contributed by atoms with Crippen molar-refractivity contribution in [2.24, 2.45) is 5.10 Å². The maximum atomic E-state index is 13.1. The summed E-state index contributed by atoms with van der Waals surface area (Å²) >= 11 is 5.85. The molecule has 2 aromatic carbocycles. The van der Waals surface area contributed by atoms with Gasteiger partial charge < -0.3 is 9.73 Å². The molecule has 5 aromatic rings. The van der Waals surface area contributed by atoms with Crippen molar-refractivity contribution in [3.05, 3.63) is 81.1 Å². The highest BCUT2D eigenvalue weighted by Crippen LogP contribution is 2.33. The lowest BCUT2D eigenvalue weighted by Gasteiger charge is -2.11. The van der Waals surface area contributed by atoms with Gasteiger partial charge in [-0.3, -0.25) is 15.5 Å².